The fraction of sp³-hybridized carbons (Fsp3) is 0.133. The Bertz CT molecular complexity index is 629. The molecule has 0 amide bonds. The molecule has 0 unspecified atom stereocenters. The Morgan fingerprint density at radius 2 is 2.05 bits per heavy atom. The third-order valence-corrected chi connectivity index (χ3v) is 3.27. The molecule has 0 fully saturated rings. The number of hydrogen-bond donors (Lipinski definition) is 2. The molecule has 0 aliphatic rings. The number of nitrogens with one attached hydrogen (secondary N) is 1. The Morgan fingerprint density at radius 3 is 2.75 bits per heavy atom. The van der Waals surface area contributed by atoms with Crippen molar-refractivity contribution in [2.45, 2.75) is 6.54 Å². The molecular formula is C15H15ClN2O2. The van der Waals surface area contributed by atoms with Crippen molar-refractivity contribution in [1.82, 2.24) is 0 Å². The maximum atomic E-state index is 11.5. The average molecular weight is 291 g/mol. The van der Waals surface area contributed by atoms with Gasteiger partial charge >= 0.3 is 5.97 Å². The molecule has 2 rings (SSSR count). The van der Waals surface area contributed by atoms with E-state index in [9.17, 15) is 4.79 Å². The number of anilines is 2. The molecule has 0 bridgehead atoms. The SMILES string of the molecule is COC(=O)c1ccc(N)c(NCc2ccccc2Cl)c1. The lowest BCUT2D eigenvalue weighted by molar-refractivity contribution is 0.0601. The normalized spacial score (nSPS) is 10.1. The van der Waals surface area contributed by atoms with Gasteiger partial charge in [0, 0.05) is 11.6 Å². The monoisotopic (exact) mass is 290 g/mol. The predicted octanol–water partition coefficient (Wildman–Crippen LogP) is 3.32. The number of ether oxygens (including phenoxy) is 1. The summed E-state index contributed by atoms with van der Waals surface area (Å²) in [6.45, 7) is 0.522. The highest BCUT2D eigenvalue weighted by Gasteiger charge is 2.08. The molecule has 20 heavy (non-hydrogen) atoms. The maximum absolute atomic E-state index is 11.5. The van der Waals surface area contributed by atoms with Crippen molar-refractivity contribution in [3.8, 4) is 0 Å². The van der Waals surface area contributed by atoms with Crippen molar-refractivity contribution in [2.24, 2.45) is 0 Å². The highest BCUT2D eigenvalue weighted by Crippen LogP contribution is 2.23. The first-order chi connectivity index (χ1) is 9.61. The number of carbonyl (C=O) groups excluding carboxylic acids is 1. The van der Waals surface area contributed by atoms with Crippen LogP contribution in [0.4, 0.5) is 11.4 Å². The van der Waals surface area contributed by atoms with E-state index < -0.39 is 5.97 Å². The number of nitrogen functional groups attached to an aromatic ring is 1. The summed E-state index contributed by atoms with van der Waals surface area (Å²) in [7, 11) is 1.34. The standard InChI is InChI=1S/C15H15ClN2O2/c1-20-15(19)10-6-7-13(17)14(8-10)18-9-11-4-2-3-5-12(11)16/h2-8,18H,9,17H2,1H3. The summed E-state index contributed by atoms with van der Waals surface area (Å²) < 4.78 is 4.68. The number of esters is 1. The van der Waals surface area contributed by atoms with Gasteiger partial charge in [0.1, 0.15) is 0 Å². The molecule has 4 nitrogen and oxygen atoms in total. The van der Waals surface area contributed by atoms with E-state index in [0.29, 0.717) is 28.5 Å². The number of hydrogen-bond acceptors (Lipinski definition) is 4. The van der Waals surface area contributed by atoms with Crippen LogP contribution in [-0.2, 0) is 11.3 Å². The Hall–Kier alpha value is -2.20. The predicted molar refractivity (Wildman–Crippen MR) is 81.0 cm³/mol. The van der Waals surface area contributed by atoms with E-state index in [1.165, 1.54) is 7.11 Å². The molecule has 0 saturated heterocycles. The van der Waals surface area contributed by atoms with E-state index in [1.54, 1.807) is 18.2 Å². The minimum Gasteiger partial charge on any atom is -0.465 e. The van der Waals surface area contributed by atoms with E-state index in [0.717, 1.165) is 5.56 Å². The molecule has 0 aromatic heterocycles. The summed E-state index contributed by atoms with van der Waals surface area (Å²) in [5, 5.41) is 3.86. The van der Waals surface area contributed by atoms with Crippen LogP contribution in [0.1, 0.15) is 15.9 Å². The minimum atomic E-state index is -0.397. The summed E-state index contributed by atoms with van der Waals surface area (Å²) in [5.74, 6) is -0.397. The Labute approximate surface area is 122 Å². The molecule has 5 heteroatoms. The maximum Gasteiger partial charge on any atom is 0.337 e. The van der Waals surface area contributed by atoms with Crippen molar-refractivity contribution in [3.63, 3.8) is 0 Å². The van der Waals surface area contributed by atoms with Crippen LogP contribution in [0.15, 0.2) is 42.5 Å². The molecule has 0 spiro atoms. The first kappa shape index (κ1) is 14.2. The van der Waals surface area contributed by atoms with Gasteiger partial charge in [-0.3, -0.25) is 0 Å². The van der Waals surface area contributed by atoms with Gasteiger partial charge in [-0.2, -0.15) is 0 Å². The molecule has 2 aromatic carbocycles. The highest BCUT2D eigenvalue weighted by atomic mass is 35.5. The molecule has 3 N–H and O–H groups in total. The summed E-state index contributed by atoms with van der Waals surface area (Å²) in [5.41, 5.74) is 8.52. The second-order valence-electron chi connectivity index (χ2n) is 4.24. The molecule has 0 radical (unpaired) electrons. The fourth-order valence-corrected chi connectivity index (χ4v) is 1.99. The van der Waals surface area contributed by atoms with Crippen molar-refractivity contribution in [2.75, 3.05) is 18.2 Å². The molecule has 104 valence electrons. The topological polar surface area (TPSA) is 64.3 Å². The van der Waals surface area contributed by atoms with Gasteiger partial charge in [0.15, 0.2) is 0 Å². The zero-order valence-electron chi connectivity index (χ0n) is 11.0. The van der Waals surface area contributed by atoms with Gasteiger partial charge in [0.05, 0.1) is 24.0 Å². The molecular weight excluding hydrogens is 276 g/mol. The summed E-state index contributed by atoms with van der Waals surface area (Å²) >= 11 is 6.09. The van der Waals surface area contributed by atoms with Crippen LogP contribution in [0.3, 0.4) is 0 Å². The van der Waals surface area contributed by atoms with E-state index in [4.69, 9.17) is 17.3 Å². The molecule has 0 saturated carbocycles. The van der Waals surface area contributed by atoms with Crippen LogP contribution in [-0.4, -0.2) is 13.1 Å². The molecule has 2 aromatic rings. The number of benzene rings is 2. The van der Waals surface area contributed by atoms with E-state index in [-0.39, 0.29) is 0 Å². The van der Waals surface area contributed by atoms with Gasteiger partial charge in [0.25, 0.3) is 0 Å². The lowest BCUT2D eigenvalue weighted by Gasteiger charge is -2.11. The van der Waals surface area contributed by atoms with E-state index in [2.05, 4.69) is 10.1 Å². The first-order valence-electron chi connectivity index (χ1n) is 6.07. The highest BCUT2D eigenvalue weighted by molar-refractivity contribution is 6.31. The van der Waals surface area contributed by atoms with Crippen molar-refractivity contribution >= 4 is 28.9 Å². The third-order valence-electron chi connectivity index (χ3n) is 2.90. The summed E-state index contributed by atoms with van der Waals surface area (Å²) in [6.07, 6.45) is 0. The second-order valence-corrected chi connectivity index (χ2v) is 4.65. The minimum absolute atomic E-state index is 0.397. The van der Waals surface area contributed by atoms with Gasteiger partial charge < -0.3 is 15.8 Å². The number of methoxy groups -OCH3 is 1. The molecule has 0 aliphatic heterocycles. The smallest absolute Gasteiger partial charge is 0.337 e. The zero-order chi connectivity index (χ0) is 14.5. The van der Waals surface area contributed by atoms with Crippen LogP contribution >= 0.6 is 11.6 Å². The molecule has 0 heterocycles. The fourth-order valence-electron chi connectivity index (χ4n) is 1.79. The van der Waals surface area contributed by atoms with Crippen molar-refractivity contribution in [1.29, 1.82) is 0 Å². The van der Waals surface area contributed by atoms with Crippen LogP contribution in [0.5, 0.6) is 0 Å². The van der Waals surface area contributed by atoms with Crippen molar-refractivity contribution in [3.05, 3.63) is 58.6 Å². The summed E-state index contributed by atoms with van der Waals surface area (Å²) in [4.78, 5) is 11.5. The first-order valence-corrected chi connectivity index (χ1v) is 6.44. The molecule has 0 atom stereocenters. The van der Waals surface area contributed by atoms with Crippen LogP contribution in [0.25, 0.3) is 0 Å². The largest absolute Gasteiger partial charge is 0.465 e. The lowest BCUT2D eigenvalue weighted by Crippen LogP contribution is -2.06. The molecule has 0 aliphatic carbocycles. The van der Waals surface area contributed by atoms with Gasteiger partial charge in [-0.15, -0.1) is 0 Å². The number of rotatable bonds is 4. The second kappa shape index (κ2) is 6.30. The summed E-state index contributed by atoms with van der Waals surface area (Å²) in [6, 6.07) is 12.5. The third kappa shape index (κ3) is 3.22. The number of carbonyl (C=O) groups is 1. The Morgan fingerprint density at radius 1 is 1.30 bits per heavy atom. The Balaban J connectivity index is 2.17. The van der Waals surface area contributed by atoms with Crippen molar-refractivity contribution < 1.29 is 9.53 Å². The van der Waals surface area contributed by atoms with Crippen LogP contribution in [0, 0.1) is 0 Å². The van der Waals surface area contributed by atoms with Crippen LogP contribution < -0.4 is 11.1 Å². The zero-order valence-corrected chi connectivity index (χ0v) is 11.8. The van der Waals surface area contributed by atoms with Gasteiger partial charge in [-0.05, 0) is 29.8 Å². The quantitative estimate of drug-likeness (QED) is 0.670. The van der Waals surface area contributed by atoms with E-state index >= 15 is 0 Å². The number of halogens is 1. The lowest BCUT2D eigenvalue weighted by atomic mass is 10.1. The average Bonchev–Trinajstić information content (AvgIpc) is 2.47. The van der Waals surface area contributed by atoms with Gasteiger partial charge in [-0.1, -0.05) is 29.8 Å². The Kier molecular flexibility index (Phi) is 4.48. The van der Waals surface area contributed by atoms with Gasteiger partial charge in [-0.25, -0.2) is 4.79 Å². The van der Waals surface area contributed by atoms with Crippen LogP contribution in [0.2, 0.25) is 5.02 Å². The van der Waals surface area contributed by atoms with Gasteiger partial charge in [0.2, 0.25) is 0 Å². The van der Waals surface area contributed by atoms with E-state index in [1.807, 2.05) is 24.3 Å². The number of nitrogens with two attached hydrogens (primary N) is 1.